The number of aromatic nitrogens is 1. The van der Waals surface area contributed by atoms with E-state index in [1.54, 1.807) is 10.4 Å². The van der Waals surface area contributed by atoms with Gasteiger partial charge in [0.05, 0.1) is 0 Å². The monoisotopic (exact) mass is 309 g/mol. The third-order valence-corrected chi connectivity index (χ3v) is 5.82. The van der Waals surface area contributed by atoms with E-state index in [4.69, 9.17) is 4.52 Å². The number of rotatable bonds is 4. The predicted molar refractivity (Wildman–Crippen MR) is 80.3 cm³/mol. The summed E-state index contributed by atoms with van der Waals surface area (Å²) in [4.78, 5) is 0. The summed E-state index contributed by atoms with van der Waals surface area (Å²) in [5.74, 6) is -0.103. The Morgan fingerprint density at radius 1 is 1.33 bits per heavy atom. The summed E-state index contributed by atoms with van der Waals surface area (Å²) in [6.07, 6.45) is 1.69. The minimum absolute atomic E-state index is 0.103. The van der Waals surface area contributed by atoms with Gasteiger partial charge in [-0.25, -0.2) is 12.7 Å². The van der Waals surface area contributed by atoms with Gasteiger partial charge < -0.3 is 9.84 Å². The van der Waals surface area contributed by atoms with Gasteiger partial charge in [-0.15, -0.1) is 0 Å². The molecule has 1 aliphatic heterocycles. The van der Waals surface area contributed by atoms with Crippen molar-refractivity contribution < 1.29 is 12.9 Å². The van der Waals surface area contributed by atoms with Crippen molar-refractivity contribution in [2.24, 2.45) is 0 Å². The van der Waals surface area contributed by atoms with Gasteiger partial charge in [-0.1, -0.05) is 17.3 Å². The van der Waals surface area contributed by atoms with E-state index in [1.807, 2.05) is 25.2 Å². The molecule has 0 amide bonds. The summed E-state index contributed by atoms with van der Waals surface area (Å²) in [7, 11) is -1.43. The highest BCUT2D eigenvalue weighted by molar-refractivity contribution is 7.88. The minimum atomic E-state index is -3.35. The maximum Gasteiger partial charge on any atom is 0.220 e. The van der Waals surface area contributed by atoms with E-state index < -0.39 is 10.0 Å². The van der Waals surface area contributed by atoms with Crippen LogP contribution in [0.25, 0.3) is 11.0 Å². The molecule has 0 aliphatic carbocycles. The van der Waals surface area contributed by atoms with Gasteiger partial charge in [0, 0.05) is 24.5 Å². The van der Waals surface area contributed by atoms with E-state index in [9.17, 15) is 8.42 Å². The van der Waals surface area contributed by atoms with Gasteiger partial charge in [0.2, 0.25) is 10.0 Å². The zero-order valence-electron chi connectivity index (χ0n) is 11.9. The van der Waals surface area contributed by atoms with Crippen molar-refractivity contribution in [3.8, 4) is 0 Å². The van der Waals surface area contributed by atoms with Gasteiger partial charge in [-0.2, -0.15) is 0 Å². The Balaban J connectivity index is 1.77. The molecule has 21 heavy (non-hydrogen) atoms. The van der Waals surface area contributed by atoms with Crippen LogP contribution in [0.4, 0.5) is 0 Å². The highest BCUT2D eigenvalue weighted by Crippen LogP contribution is 2.22. The van der Waals surface area contributed by atoms with Crippen molar-refractivity contribution in [3.05, 3.63) is 30.0 Å². The van der Waals surface area contributed by atoms with Crippen LogP contribution in [-0.2, 0) is 15.8 Å². The Hall–Kier alpha value is -1.44. The molecule has 0 bridgehead atoms. The first-order chi connectivity index (χ1) is 10.1. The normalized spacial score (nSPS) is 18.3. The first-order valence-corrected chi connectivity index (χ1v) is 8.69. The first kappa shape index (κ1) is 14.5. The average molecular weight is 309 g/mol. The maximum absolute atomic E-state index is 12.5. The summed E-state index contributed by atoms with van der Waals surface area (Å²) < 4.78 is 31.8. The topological polar surface area (TPSA) is 75.4 Å². The molecule has 0 atom stereocenters. The second kappa shape index (κ2) is 5.75. The van der Waals surface area contributed by atoms with E-state index >= 15 is 0 Å². The van der Waals surface area contributed by atoms with Crippen molar-refractivity contribution in [3.63, 3.8) is 0 Å². The Labute approximate surface area is 124 Å². The number of piperidine rings is 1. The fraction of sp³-hybridized carbons (Fsp3) is 0.500. The maximum atomic E-state index is 12.5. The molecule has 1 saturated heterocycles. The predicted octanol–water partition coefficient (Wildman–Crippen LogP) is 1.34. The molecular formula is C14H19N3O3S. The summed E-state index contributed by atoms with van der Waals surface area (Å²) in [6.45, 7) is 1.12. The van der Waals surface area contributed by atoms with Gasteiger partial charge in [0.25, 0.3) is 0 Å². The van der Waals surface area contributed by atoms with Crippen LogP contribution in [0, 0.1) is 0 Å². The van der Waals surface area contributed by atoms with Crippen LogP contribution in [0.2, 0.25) is 0 Å². The van der Waals surface area contributed by atoms with Crippen molar-refractivity contribution in [2.75, 3.05) is 20.1 Å². The smallest absolute Gasteiger partial charge is 0.220 e. The molecule has 3 rings (SSSR count). The molecule has 0 radical (unpaired) electrons. The highest BCUT2D eigenvalue weighted by atomic mass is 32.2. The second-order valence-electron chi connectivity index (χ2n) is 5.34. The largest absolute Gasteiger partial charge is 0.356 e. The Kier molecular flexibility index (Phi) is 3.97. The molecule has 0 unspecified atom stereocenters. The number of sulfonamides is 1. The van der Waals surface area contributed by atoms with Crippen molar-refractivity contribution in [1.29, 1.82) is 0 Å². The number of hydrogen-bond acceptors (Lipinski definition) is 5. The molecule has 0 saturated carbocycles. The second-order valence-corrected chi connectivity index (χ2v) is 7.31. The summed E-state index contributed by atoms with van der Waals surface area (Å²) >= 11 is 0. The lowest BCUT2D eigenvalue weighted by molar-refractivity contribution is 0.298. The molecule has 6 nitrogen and oxygen atoms in total. The molecular weight excluding hydrogens is 290 g/mol. The lowest BCUT2D eigenvalue weighted by Crippen LogP contribution is -2.44. The van der Waals surface area contributed by atoms with Crippen LogP contribution in [0.15, 0.2) is 28.8 Å². The average Bonchev–Trinajstić information content (AvgIpc) is 2.90. The minimum Gasteiger partial charge on any atom is -0.356 e. The van der Waals surface area contributed by atoms with Crippen LogP contribution >= 0.6 is 0 Å². The number of nitrogens with one attached hydrogen (secondary N) is 1. The first-order valence-electron chi connectivity index (χ1n) is 7.08. The van der Waals surface area contributed by atoms with Gasteiger partial charge >= 0.3 is 0 Å². The van der Waals surface area contributed by atoms with Gasteiger partial charge in [-0.3, -0.25) is 0 Å². The van der Waals surface area contributed by atoms with Crippen LogP contribution in [0.3, 0.4) is 0 Å². The van der Waals surface area contributed by atoms with Crippen LogP contribution < -0.4 is 5.32 Å². The SMILES string of the molecule is CNC1CCN(S(=O)(=O)Cc2noc3ccccc23)CC1. The molecule has 2 aromatic rings. The Morgan fingerprint density at radius 2 is 2.05 bits per heavy atom. The van der Waals surface area contributed by atoms with Crippen molar-refractivity contribution >= 4 is 21.0 Å². The van der Waals surface area contributed by atoms with Gasteiger partial charge in [0.1, 0.15) is 11.4 Å². The third-order valence-electron chi connectivity index (χ3n) is 4.03. The Bertz CT molecular complexity index is 718. The molecule has 7 heteroatoms. The molecule has 1 aromatic heterocycles. The number of hydrogen-bond donors (Lipinski definition) is 1. The van der Waals surface area contributed by atoms with E-state index in [0.29, 0.717) is 30.4 Å². The van der Waals surface area contributed by atoms with Gasteiger partial charge in [-0.05, 0) is 32.0 Å². The summed E-state index contributed by atoms with van der Waals surface area (Å²) in [6, 6.07) is 7.73. The van der Waals surface area contributed by atoms with Gasteiger partial charge in [0.15, 0.2) is 5.58 Å². The molecule has 0 spiro atoms. The zero-order valence-corrected chi connectivity index (χ0v) is 12.8. The number of fused-ring (bicyclic) bond motifs is 1. The lowest BCUT2D eigenvalue weighted by Gasteiger charge is -2.30. The number of para-hydroxylation sites is 1. The summed E-state index contributed by atoms with van der Waals surface area (Å²) in [5.41, 5.74) is 1.11. The zero-order chi connectivity index (χ0) is 14.9. The fourth-order valence-electron chi connectivity index (χ4n) is 2.73. The summed E-state index contributed by atoms with van der Waals surface area (Å²) in [5, 5.41) is 7.88. The third kappa shape index (κ3) is 2.95. The van der Waals surface area contributed by atoms with Crippen molar-refractivity contribution in [1.82, 2.24) is 14.8 Å². The van der Waals surface area contributed by atoms with E-state index in [2.05, 4.69) is 10.5 Å². The standard InChI is InChI=1S/C14H19N3O3S/c1-15-11-6-8-17(9-7-11)21(18,19)10-13-12-4-2-3-5-14(12)20-16-13/h2-5,11,15H,6-10H2,1H3. The Morgan fingerprint density at radius 3 is 2.76 bits per heavy atom. The number of nitrogens with zero attached hydrogens (tertiary/aromatic N) is 2. The molecule has 1 aromatic carbocycles. The fourth-order valence-corrected chi connectivity index (χ4v) is 4.23. The van der Waals surface area contributed by atoms with E-state index in [-0.39, 0.29) is 5.75 Å². The molecule has 1 fully saturated rings. The van der Waals surface area contributed by atoms with Crippen LogP contribution in [0.5, 0.6) is 0 Å². The van der Waals surface area contributed by atoms with E-state index in [1.165, 1.54) is 0 Å². The highest BCUT2D eigenvalue weighted by Gasteiger charge is 2.29. The van der Waals surface area contributed by atoms with Crippen LogP contribution in [-0.4, -0.2) is 44.1 Å². The van der Waals surface area contributed by atoms with Crippen LogP contribution in [0.1, 0.15) is 18.5 Å². The van der Waals surface area contributed by atoms with E-state index in [0.717, 1.165) is 18.2 Å². The molecule has 1 aliphatic rings. The quantitative estimate of drug-likeness (QED) is 0.922. The van der Waals surface area contributed by atoms with Crippen molar-refractivity contribution in [2.45, 2.75) is 24.6 Å². The molecule has 2 heterocycles. The number of benzene rings is 1. The molecule has 1 N–H and O–H groups in total. The molecule has 114 valence electrons. The lowest BCUT2D eigenvalue weighted by atomic mass is 10.1.